The first-order valence-electron chi connectivity index (χ1n) is 8.56. The summed E-state index contributed by atoms with van der Waals surface area (Å²) >= 11 is 5.86. The maximum Gasteiger partial charge on any atom is 0.261 e. The maximum absolute atomic E-state index is 12.6. The summed E-state index contributed by atoms with van der Waals surface area (Å²) in [5, 5.41) is 3.41. The lowest BCUT2D eigenvalue weighted by Gasteiger charge is -2.13. The molecule has 144 valence electrons. The zero-order chi connectivity index (χ0) is 20.1. The zero-order valence-electron chi connectivity index (χ0n) is 15.1. The number of aryl methyl sites for hydroxylation is 1. The minimum Gasteiger partial charge on any atom is -0.348 e. The molecule has 0 aliphatic carbocycles. The number of hydrogen-bond acceptors (Lipinski definition) is 3. The number of benzene rings is 3. The van der Waals surface area contributed by atoms with Crippen molar-refractivity contribution in [2.75, 3.05) is 4.72 Å². The number of para-hydroxylation sites is 1. The third-order valence-electron chi connectivity index (χ3n) is 4.11. The monoisotopic (exact) mass is 414 g/mol. The number of carbonyl (C=O) groups excluding carboxylic acids is 1. The highest BCUT2D eigenvalue weighted by molar-refractivity contribution is 7.92. The van der Waals surface area contributed by atoms with Crippen molar-refractivity contribution in [2.24, 2.45) is 0 Å². The molecule has 0 saturated carbocycles. The van der Waals surface area contributed by atoms with Crippen molar-refractivity contribution in [1.82, 2.24) is 5.32 Å². The summed E-state index contributed by atoms with van der Waals surface area (Å²) in [6, 6.07) is 20.1. The lowest BCUT2D eigenvalue weighted by atomic mass is 10.1. The minimum absolute atomic E-state index is 0.134. The van der Waals surface area contributed by atoms with Crippen LogP contribution in [0.4, 0.5) is 5.69 Å². The number of hydrogen-bond donors (Lipinski definition) is 2. The van der Waals surface area contributed by atoms with Crippen molar-refractivity contribution in [2.45, 2.75) is 18.4 Å². The van der Waals surface area contributed by atoms with Crippen LogP contribution in [0.3, 0.4) is 0 Å². The van der Waals surface area contributed by atoms with Gasteiger partial charge in [-0.05, 0) is 48.9 Å². The van der Waals surface area contributed by atoms with E-state index >= 15 is 0 Å². The summed E-state index contributed by atoms with van der Waals surface area (Å²) in [5.74, 6) is -0.378. The van der Waals surface area contributed by atoms with E-state index in [2.05, 4.69) is 10.0 Å². The molecule has 0 unspecified atom stereocenters. The Kier molecular flexibility index (Phi) is 6.02. The molecule has 2 N–H and O–H groups in total. The van der Waals surface area contributed by atoms with Gasteiger partial charge in [0.25, 0.3) is 15.9 Å². The summed E-state index contributed by atoms with van der Waals surface area (Å²) < 4.78 is 27.8. The molecule has 0 aliphatic rings. The number of anilines is 1. The molecular weight excluding hydrogens is 396 g/mol. The largest absolute Gasteiger partial charge is 0.348 e. The number of amides is 1. The van der Waals surface area contributed by atoms with E-state index in [1.54, 1.807) is 48.5 Å². The van der Waals surface area contributed by atoms with Gasteiger partial charge >= 0.3 is 0 Å². The molecule has 0 atom stereocenters. The van der Waals surface area contributed by atoms with Crippen LogP contribution in [0.5, 0.6) is 0 Å². The highest BCUT2D eigenvalue weighted by Gasteiger charge is 2.18. The summed E-state index contributed by atoms with van der Waals surface area (Å²) in [6.45, 7) is 2.18. The van der Waals surface area contributed by atoms with E-state index in [4.69, 9.17) is 11.6 Å². The van der Waals surface area contributed by atoms with Gasteiger partial charge in [-0.25, -0.2) is 8.42 Å². The Hall–Kier alpha value is -2.83. The molecule has 0 bridgehead atoms. The average molecular weight is 415 g/mol. The van der Waals surface area contributed by atoms with Gasteiger partial charge in [0.15, 0.2) is 0 Å². The van der Waals surface area contributed by atoms with Crippen LogP contribution in [0.15, 0.2) is 77.7 Å². The van der Waals surface area contributed by atoms with Gasteiger partial charge in [0.2, 0.25) is 0 Å². The van der Waals surface area contributed by atoms with E-state index in [1.165, 1.54) is 12.1 Å². The molecule has 28 heavy (non-hydrogen) atoms. The molecule has 7 heteroatoms. The van der Waals surface area contributed by atoms with Gasteiger partial charge in [-0.2, -0.15) is 0 Å². The van der Waals surface area contributed by atoms with E-state index < -0.39 is 10.0 Å². The number of sulfonamides is 1. The van der Waals surface area contributed by atoms with Crippen molar-refractivity contribution >= 4 is 33.2 Å². The number of halogens is 1. The van der Waals surface area contributed by atoms with Gasteiger partial charge < -0.3 is 5.32 Å². The van der Waals surface area contributed by atoms with Crippen molar-refractivity contribution in [3.05, 3.63) is 94.5 Å². The van der Waals surface area contributed by atoms with Crippen LogP contribution in [0, 0.1) is 6.92 Å². The van der Waals surface area contributed by atoms with Crippen LogP contribution in [0.25, 0.3) is 0 Å². The molecule has 3 aromatic carbocycles. The summed E-state index contributed by atoms with van der Waals surface area (Å²) in [6.07, 6.45) is 0. The van der Waals surface area contributed by atoms with Gasteiger partial charge in [0.1, 0.15) is 0 Å². The molecule has 0 aliphatic heterocycles. The molecule has 0 aromatic heterocycles. The first kappa shape index (κ1) is 19.9. The van der Waals surface area contributed by atoms with Crippen LogP contribution < -0.4 is 10.0 Å². The summed E-state index contributed by atoms with van der Waals surface area (Å²) in [5.41, 5.74) is 2.31. The lowest BCUT2D eigenvalue weighted by molar-refractivity contribution is 0.0952. The minimum atomic E-state index is -3.80. The molecule has 0 saturated heterocycles. The third-order valence-corrected chi connectivity index (χ3v) is 5.75. The van der Waals surface area contributed by atoms with Crippen LogP contribution >= 0.6 is 11.6 Å². The van der Waals surface area contributed by atoms with Crippen LogP contribution in [-0.2, 0) is 16.6 Å². The van der Waals surface area contributed by atoms with Crippen LogP contribution in [-0.4, -0.2) is 14.3 Å². The predicted molar refractivity (Wildman–Crippen MR) is 111 cm³/mol. The summed E-state index contributed by atoms with van der Waals surface area (Å²) in [4.78, 5) is 12.7. The molecule has 0 fully saturated rings. The molecule has 0 radical (unpaired) electrons. The van der Waals surface area contributed by atoms with Crippen molar-refractivity contribution in [3.8, 4) is 0 Å². The Balaban J connectivity index is 1.77. The van der Waals surface area contributed by atoms with Crippen molar-refractivity contribution in [1.29, 1.82) is 0 Å². The first-order valence-corrected chi connectivity index (χ1v) is 10.4. The Labute approximate surface area is 169 Å². The van der Waals surface area contributed by atoms with Gasteiger partial charge in [-0.15, -0.1) is 0 Å². The number of rotatable bonds is 6. The molecule has 3 rings (SSSR count). The second-order valence-corrected chi connectivity index (χ2v) is 8.39. The van der Waals surface area contributed by atoms with Gasteiger partial charge in [0.05, 0.1) is 16.1 Å². The molecule has 1 amide bonds. The van der Waals surface area contributed by atoms with Gasteiger partial charge in [-0.1, -0.05) is 53.6 Å². The molecule has 0 heterocycles. The van der Waals surface area contributed by atoms with Gasteiger partial charge in [-0.3, -0.25) is 9.52 Å². The first-order chi connectivity index (χ1) is 13.3. The SMILES string of the molecule is Cc1ccc(S(=O)(=O)Nc2ccccc2C(=O)NCc2ccc(Cl)cc2)cc1. The van der Waals surface area contributed by atoms with E-state index in [-0.39, 0.29) is 22.1 Å². The second-order valence-electron chi connectivity index (χ2n) is 6.27. The highest BCUT2D eigenvalue weighted by atomic mass is 35.5. The highest BCUT2D eigenvalue weighted by Crippen LogP contribution is 2.20. The molecule has 5 nitrogen and oxygen atoms in total. The average Bonchev–Trinajstić information content (AvgIpc) is 2.68. The van der Waals surface area contributed by atoms with Crippen molar-refractivity contribution < 1.29 is 13.2 Å². The number of nitrogens with one attached hydrogen (secondary N) is 2. The summed E-state index contributed by atoms with van der Waals surface area (Å²) in [7, 11) is -3.80. The Morgan fingerprint density at radius 2 is 1.57 bits per heavy atom. The predicted octanol–water partition coefficient (Wildman–Crippen LogP) is 4.38. The third kappa shape index (κ3) is 4.91. The quantitative estimate of drug-likeness (QED) is 0.628. The molecule has 0 spiro atoms. The topological polar surface area (TPSA) is 75.3 Å². The smallest absolute Gasteiger partial charge is 0.261 e. The van der Waals surface area contributed by atoms with E-state index in [1.807, 2.05) is 19.1 Å². The lowest BCUT2D eigenvalue weighted by Crippen LogP contribution is -2.25. The second kappa shape index (κ2) is 8.46. The van der Waals surface area contributed by atoms with Crippen molar-refractivity contribution in [3.63, 3.8) is 0 Å². The van der Waals surface area contributed by atoms with E-state index in [9.17, 15) is 13.2 Å². The van der Waals surface area contributed by atoms with Crippen LogP contribution in [0.1, 0.15) is 21.5 Å². The standard InChI is InChI=1S/C21H19ClN2O3S/c1-15-6-12-18(13-7-15)28(26,27)24-20-5-3-2-4-19(20)21(25)23-14-16-8-10-17(22)11-9-16/h2-13,24H,14H2,1H3,(H,23,25). The van der Waals surface area contributed by atoms with E-state index in [0.29, 0.717) is 11.6 Å². The Bertz CT molecular complexity index is 1080. The maximum atomic E-state index is 12.6. The fourth-order valence-corrected chi connectivity index (χ4v) is 3.78. The fraction of sp³-hybridized carbons (Fsp3) is 0.0952. The Morgan fingerprint density at radius 3 is 2.25 bits per heavy atom. The van der Waals surface area contributed by atoms with E-state index in [0.717, 1.165) is 11.1 Å². The zero-order valence-corrected chi connectivity index (χ0v) is 16.7. The fourth-order valence-electron chi connectivity index (χ4n) is 2.57. The van der Waals surface area contributed by atoms with Gasteiger partial charge in [0, 0.05) is 11.6 Å². The molecular formula is C21H19ClN2O3S. The molecule has 3 aromatic rings. The van der Waals surface area contributed by atoms with Crippen LogP contribution in [0.2, 0.25) is 5.02 Å². The Morgan fingerprint density at radius 1 is 0.929 bits per heavy atom. The normalized spacial score (nSPS) is 11.1. The number of carbonyl (C=O) groups is 1.